The van der Waals surface area contributed by atoms with E-state index in [1.54, 1.807) is 24.5 Å². The number of rotatable bonds is 4. The van der Waals surface area contributed by atoms with Crippen LogP contribution in [0.1, 0.15) is 20.8 Å². The summed E-state index contributed by atoms with van der Waals surface area (Å²) in [4.78, 5) is 13.6. The number of methoxy groups -OCH3 is 1. The number of halogens is 2. The Morgan fingerprint density at radius 3 is 2.45 bits per heavy atom. The van der Waals surface area contributed by atoms with Crippen molar-refractivity contribution in [2.75, 3.05) is 12.4 Å². The average molecular weight is 420 g/mol. The number of nitrogens with zero attached hydrogens (tertiary/aromatic N) is 3. The van der Waals surface area contributed by atoms with E-state index in [9.17, 15) is 8.78 Å². The predicted molar refractivity (Wildman–Crippen MR) is 118 cm³/mol. The molecule has 0 aliphatic rings. The number of nitrogens with one attached hydrogen (secondary N) is 1. The lowest BCUT2D eigenvalue weighted by Gasteiger charge is -2.23. The number of aromatic nitrogens is 3. The first-order valence-electron chi connectivity index (χ1n) is 9.79. The Balaban J connectivity index is 2.02. The van der Waals surface area contributed by atoms with Crippen molar-refractivity contribution >= 4 is 16.7 Å². The minimum Gasteiger partial charge on any atom is -0.494 e. The quantitative estimate of drug-likeness (QED) is 0.448. The van der Waals surface area contributed by atoms with Gasteiger partial charge in [-0.1, -0.05) is 12.1 Å². The summed E-state index contributed by atoms with van der Waals surface area (Å²) >= 11 is 0. The van der Waals surface area contributed by atoms with Crippen LogP contribution in [0.3, 0.4) is 0 Å². The van der Waals surface area contributed by atoms with Crippen molar-refractivity contribution in [2.45, 2.75) is 26.3 Å². The summed E-state index contributed by atoms with van der Waals surface area (Å²) in [6, 6.07) is 11.2. The van der Waals surface area contributed by atoms with Crippen LogP contribution in [-0.2, 0) is 0 Å². The molecule has 0 amide bonds. The molecule has 7 heteroatoms. The standard InChI is InChI=1S/C24H22F2N4O/c1-24(2,3)30-23-17-11-15(16-8-5-9-18(25)20(16)26)12-19(31-4)21(17)28-22(29-23)14-7-6-10-27-13-14/h5-13H,1-4H3,(H,28,29,30). The number of hydrogen-bond acceptors (Lipinski definition) is 5. The zero-order valence-corrected chi connectivity index (χ0v) is 17.7. The topological polar surface area (TPSA) is 59.9 Å². The third-order valence-corrected chi connectivity index (χ3v) is 4.66. The van der Waals surface area contributed by atoms with E-state index in [4.69, 9.17) is 14.7 Å². The third-order valence-electron chi connectivity index (χ3n) is 4.66. The van der Waals surface area contributed by atoms with Gasteiger partial charge >= 0.3 is 0 Å². The van der Waals surface area contributed by atoms with Crippen LogP contribution in [0.4, 0.5) is 14.6 Å². The highest BCUT2D eigenvalue weighted by Gasteiger charge is 2.20. The van der Waals surface area contributed by atoms with Crippen LogP contribution in [0.15, 0.2) is 54.9 Å². The van der Waals surface area contributed by atoms with E-state index in [1.165, 1.54) is 19.2 Å². The molecule has 2 heterocycles. The molecule has 31 heavy (non-hydrogen) atoms. The molecule has 2 aromatic heterocycles. The molecular formula is C24H22F2N4O. The van der Waals surface area contributed by atoms with Crippen molar-refractivity contribution in [1.82, 2.24) is 15.0 Å². The van der Waals surface area contributed by atoms with E-state index >= 15 is 0 Å². The fourth-order valence-electron chi connectivity index (χ4n) is 3.31. The van der Waals surface area contributed by atoms with Crippen molar-refractivity contribution in [3.63, 3.8) is 0 Å². The van der Waals surface area contributed by atoms with E-state index in [-0.39, 0.29) is 11.1 Å². The Kier molecular flexibility index (Phi) is 5.27. The van der Waals surface area contributed by atoms with Gasteiger partial charge in [0.1, 0.15) is 17.1 Å². The van der Waals surface area contributed by atoms with E-state index in [0.717, 1.165) is 11.6 Å². The van der Waals surface area contributed by atoms with Gasteiger partial charge in [0.25, 0.3) is 0 Å². The maximum Gasteiger partial charge on any atom is 0.166 e. The van der Waals surface area contributed by atoms with Gasteiger partial charge in [-0.2, -0.15) is 0 Å². The first kappa shape index (κ1) is 20.7. The summed E-state index contributed by atoms with van der Waals surface area (Å²) in [5.74, 6) is -0.348. The number of pyridine rings is 1. The highest BCUT2D eigenvalue weighted by atomic mass is 19.2. The molecule has 2 aromatic carbocycles. The van der Waals surface area contributed by atoms with Crippen LogP contribution in [0, 0.1) is 11.6 Å². The first-order valence-corrected chi connectivity index (χ1v) is 9.79. The number of fused-ring (bicyclic) bond motifs is 1. The monoisotopic (exact) mass is 420 g/mol. The third kappa shape index (κ3) is 4.17. The largest absolute Gasteiger partial charge is 0.494 e. The van der Waals surface area contributed by atoms with Gasteiger partial charge in [0, 0.05) is 34.4 Å². The summed E-state index contributed by atoms with van der Waals surface area (Å²) in [6.07, 6.45) is 3.37. The molecule has 0 unspecified atom stereocenters. The lowest BCUT2D eigenvalue weighted by molar-refractivity contribution is 0.419. The zero-order chi connectivity index (χ0) is 22.2. The van der Waals surface area contributed by atoms with Crippen LogP contribution < -0.4 is 10.1 Å². The molecule has 0 saturated heterocycles. The Bertz CT molecular complexity index is 1250. The number of ether oxygens (including phenoxy) is 1. The fourth-order valence-corrected chi connectivity index (χ4v) is 3.31. The smallest absolute Gasteiger partial charge is 0.166 e. The van der Waals surface area contributed by atoms with Crippen LogP contribution in [0.25, 0.3) is 33.4 Å². The van der Waals surface area contributed by atoms with E-state index in [0.29, 0.717) is 33.9 Å². The van der Waals surface area contributed by atoms with Gasteiger partial charge in [-0.15, -0.1) is 0 Å². The van der Waals surface area contributed by atoms with E-state index < -0.39 is 11.6 Å². The van der Waals surface area contributed by atoms with Gasteiger partial charge in [-0.05, 0) is 56.7 Å². The molecule has 0 bridgehead atoms. The van der Waals surface area contributed by atoms with Gasteiger partial charge in [0.15, 0.2) is 17.5 Å². The van der Waals surface area contributed by atoms with Gasteiger partial charge in [0.2, 0.25) is 0 Å². The second-order valence-electron chi connectivity index (χ2n) is 8.19. The Morgan fingerprint density at radius 2 is 1.77 bits per heavy atom. The summed E-state index contributed by atoms with van der Waals surface area (Å²) < 4.78 is 34.0. The summed E-state index contributed by atoms with van der Waals surface area (Å²) in [7, 11) is 1.52. The molecule has 0 saturated carbocycles. The normalized spacial score (nSPS) is 11.5. The highest BCUT2D eigenvalue weighted by Crippen LogP contribution is 2.37. The minimum absolute atomic E-state index is 0.137. The summed E-state index contributed by atoms with van der Waals surface area (Å²) in [6.45, 7) is 6.04. The Morgan fingerprint density at radius 1 is 0.968 bits per heavy atom. The van der Waals surface area contributed by atoms with Gasteiger partial charge in [-0.25, -0.2) is 18.7 Å². The van der Waals surface area contributed by atoms with Crippen LogP contribution in [0.5, 0.6) is 5.75 Å². The average Bonchev–Trinajstić information content (AvgIpc) is 2.74. The molecular weight excluding hydrogens is 398 g/mol. The second kappa shape index (κ2) is 7.91. The number of hydrogen-bond donors (Lipinski definition) is 1. The lowest BCUT2D eigenvalue weighted by atomic mass is 10.0. The second-order valence-corrected chi connectivity index (χ2v) is 8.19. The Labute approximate surface area is 179 Å². The lowest BCUT2D eigenvalue weighted by Crippen LogP contribution is -2.27. The zero-order valence-electron chi connectivity index (χ0n) is 17.7. The highest BCUT2D eigenvalue weighted by molar-refractivity contribution is 5.98. The van der Waals surface area contributed by atoms with Gasteiger partial charge < -0.3 is 10.1 Å². The van der Waals surface area contributed by atoms with Crippen LogP contribution >= 0.6 is 0 Å². The molecule has 0 aliphatic heterocycles. The van der Waals surface area contributed by atoms with Crippen LogP contribution in [-0.4, -0.2) is 27.6 Å². The fraction of sp³-hybridized carbons (Fsp3) is 0.208. The molecule has 0 radical (unpaired) electrons. The van der Waals surface area contributed by atoms with Crippen molar-refractivity contribution in [2.24, 2.45) is 0 Å². The van der Waals surface area contributed by atoms with Gasteiger partial charge in [0.05, 0.1) is 7.11 Å². The maximum absolute atomic E-state index is 14.5. The molecule has 4 aromatic rings. The molecule has 1 N–H and O–H groups in total. The van der Waals surface area contributed by atoms with Crippen molar-refractivity contribution < 1.29 is 13.5 Å². The molecule has 0 spiro atoms. The number of anilines is 1. The SMILES string of the molecule is COc1cc(-c2cccc(F)c2F)cc2c(NC(C)(C)C)nc(-c3cccnc3)nc12. The Hall–Kier alpha value is -3.61. The van der Waals surface area contributed by atoms with Crippen molar-refractivity contribution in [3.8, 4) is 28.3 Å². The molecule has 0 atom stereocenters. The molecule has 4 rings (SSSR count). The molecule has 0 fully saturated rings. The summed E-state index contributed by atoms with van der Waals surface area (Å²) in [5.41, 5.74) is 1.61. The molecule has 5 nitrogen and oxygen atoms in total. The summed E-state index contributed by atoms with van der Waals surface area (Å²) in [5, 5.41) is 4.03. The van der Waals surface area contributed by atoms with E-state index in [1.807, 2.05) is 32.9 Å². The predicted octanol–water partition coefficient (Wildman–Crippen LogP) is 5.86. The molecule has 158 valence electrons. The van der Waals surface area contributed by atoms with E-state index in [2.05, 4.69) is 10.3 Å². The molecule has 0 aliphatic carbocycles. The van der Waals surface area contributed by atoms with Gasteiger partial charge in [-0.3, -0.25) is 4.98 Å². The minimum atomic E-state index is -0.915. The maximum atomic E-state index is 14.5. The van der Waals surface area contributed by atoms with Crippen molar-refractivity contribution in [3.05, 3.63) is 66.5 Å². The first-order chi connectivity index (χ1) is 14.8. The van der Waals surface area contributed by atoms with Crippen molar-refractivity contribution in [1.29, 1.82) is 0 Å². The number of benzene rings is 2. The van der Waals surface area contributed by atoms with Crippen LogP contribution in [0.2, 0.25) is 0 Å².